The Bertz CT molecular complexity index is 2650. The number of nitrogens with two attached hydrogens (primary N) is 1. The first-order valence-corrected chi connectivity index (χ1v) is 21.7. The Morgan fingerprint density at radius 3 is 2.29 bits per heavy atom. The summed E-state index contributed by atoms with van der Waals surface area (Å²) in [6.07, 6.45) is 1.59. The van der Waals surface area contributed by atoms with Gasteiger partial charge < -0.3 is 26.2 Å². The lowest BCUT2D eigenvalue weighted by Gasteiger charge is -2.55. The second kappa shape index (κ2) is 16.2. The number of hydrogen-bond acceptors (Lipinski definition) is 11. The van der Waals surface area contributed by atoms with E-state index in [4.69, 9.17) is 10.8 Å². The summed E-state index contributed by atoms with van der Waals surface area (Å²) in [6, 6.07) is 24.0. The van der Waals surface area contributed by atoms with Gasteiger partial charge in [0, 0.05) is 111 Å². The van der Waals surface area contributed by atoms with Crippen LogP contribution in [0.3, 0.4) is 0 Å². The number of piperidine rings is 1. The molecule has 4 saturated heterocycles. The van der Waals surface area contributed by atoms with Gasteiger partial charge in [-0.15, -0.1) is 0 Å². The number of amides is 4. The molecule has 0 aliphatic carbocycles. The fourth-order valence-corrected chi connectivity index (χ4v) is 9.73. The molecule has 63 heavy (non-hydrogen) atoms. The zero-order valence-corrected chi connectivity index (χ0v) is 35.4. The number of carbonyl (C=O) groups excluding carboxylic acids is 4. The van der Waals surface area contributed by atoms with E-state index in [-0.39, 0.29) is 45.7 Å². The summed E-state index contributed by atoms with van der Waals surface area (Å²) < 4.78 is 17.8. The van der Waals surface area contributed by atoms with Crippen molar-refractivity contribution >= 4 is 52.3 Å². The van der Waals surface area contributed by atoms with Crippen LogP contribution < -0.4 is 31.5 Å². The predicted molar refractivity (Wildman–Crippen MR) is 238 cm³/mol. The Labute approximate surface area is 364 Å². The average Bonchev–Trinajstić information content (AvgIpc) is 3.50. The molecule has 0 bridgehead atoms. The molecule has 3 aromatic carbocycles. The number of pyridine rings is 1. The second-order valence-electron chi connectivity index (χ2n) is 17.4. The molecule has 4 fully saturated rings. The summed E-state index contributed by atoms with van der Waals surface area (Å²) in [6.45, 7) is 11.8. The van der Waals surface area contributed by atoms with Gasteiger partial charge in [0.15, 0.2) is 0 Å². The van der Waals surface area contributed by atoms with Gasteiger partial charge in [0.05, 0.1) is 5.92 Å². The number of nitrogens with zero attached hydrogens (tertiary/aromatic N) is 7. The van der Waals surface area contributed by atoms with Crippen LogP contribution >= 0.6 is 0 Å². The van der Waals surface area contributed by atoms with E-state index in [1.165, 1.54) is 24.7 Å². The average molecular weight is 852 g/mol. The van der Waals surface area contributed by atoms with Gasteiger partial charge in [-0.2, -0.15) is 5.10 Å². The summed E-state index contributed by atoms with van der Waals surface area (Å²) in [5, 5.41) is 13.3. The first-order valence-electron chi connectivity index (χ1n) is 21.7. The highest BCUT2D eigenvalue weighted by Crippen LogP contribution is 2.38. The van der Waals surface area contributed by atoms with Gasteiger partial charge in [-0.05, 0) is 98.0 Å². The van der Waals surface area contributed by atoms with Crippen molar-refractivity contribution in [2.24, 2.45) is 5.73 Å². The van der Waals surface area contributed by atoms with Crippen LogP contribution in [0.5, 0.6) is 0 Å². The van der Waals surface area contributed by atoms with E-state index in [0.717, 1.165) is 80.6 Å². The van der Waals surface area contributed by atoms with Crippen LogP contribution in [0.25, 0.3) is 11.3 Å². The molecule has 10 rings (SSSR count). The summed E-state index contributed by atoms with van der Waals surface area (Å²) in [5.41, 5.74) is 12.5. The van der Waals surface area contributed by atoms with E-state index >= 15 is 4.39 Å². The smallest absolute Gasteiger partial charge is 0.257 e. The maximum atomic E-state index is 16.1. The van der Waals surface area contributed by atoms with Crippen molar-refractivity contribution < 1.29 is 23.6 Å². The van der Waals surface area contributed by atoms with Crippen LogP contribution in [0.1, 0.15) is 61.9 Å². The normalized spacial score (nSPS) is 19.6. The zero-order valence-electron chi connectivity index (χ0n) is 35.4. The number of aromatic nitrogens is 3. The Balaban J connectivity index is 0.734. The molecule has 2 aromatic heterocycles. The lowest BCUT2D eigenvalue weighted by atomic mass is 9.90. The minimum atomic E-state index is -0.735. The minimum Gasteiger partial charge on any atom is -0.369 e. The van der Waals surface area contributed by atoms with Gasteiger partial charge in [0.1, 0.15) is 28.7 Å². The number of fused-ring (bicyclic) bond motifs is 2. The topological polar surface area (TPSA) is 174 Å². The number of carbonyl (C=O) groups is 4. The number of nitrogens with one attached hydrogen (secondary N) is 3. The summed E-state index contributed by atoms with van der Waals surface area (Å²) in [5.74, 6) is -1.76. The first kappa shape index (κ1) is 40.4. The maximum absolute atomic E-state index is 16.1. The number of rotatable bonds is 9. The third kappa shape index (κ3) is 7.67. The molecule has 7 heterocycles. The van der Waals surface area contributed by atoms with Crippen molar-refractivity contribution in [3.05, 3.63) is 112 Å². The standard InChI is InChI=1S/C47H50FN11O4/c1-27-4-3-5-39(50-27)52-46(62)35-11-12-37(42(48)28(35)2)43-41(44(49)61)45-51-38-14-10-32(22-30(38)16-17-59(45)54-43)55-18-20-56(21-19-55)33-23-58(24-33)34-25-57(26-34)31-8-6-29(7-9-31)36-13-15-40(60)53-47(36)63/h3-12,14,22,33-34,36,51H,13,15-21,23-26H2,1-2H3,(H2,49,61)(H,50,52,62)(H,53,60,63). The minimum absolute atomic E-state index is 0.0839. The molecule has 5 aliphatic rings. The monoisotopic (exact) mass is 851 g/mol. The number of benzene rings is 3. The van der Waals surface area contributed by atoms with Crippen molar-refractivity contribution in [1.29, 1.82) is 0 Å². The highest BCUT2D eigenvalue weighted by Gasteiger charge is 2.42. The number of piperazine rings is 1. The number of aryl methyl sites for hydroxylation is 3. The molecule has 5 aromatic rings. The lowest BCUT2D eigenvalue weighted by Crippen LogP contribution is -2.71. The van der Waals surface area contributed by atoms with Crippen molar-refractivity contribution in [3.8, 4) is 11.3 Å². The van der Waals surface area contributed by atoms with Crippen LogP contribution in [0.2, 0.25) is 0 Å². The predicted octanol–water partition coefficient (Wildman–Crippen LogP) is 4.57. The SMILES string of the molecule is Cc1cccc(NC(=O)c2ccc(-c3nn4c(c3C(N)=O)Nc3ccc(N5CCN(C6CN(C7CN(c8ccc(C9CCC(=O)NC9=O)cc8)C7)C6)CC5)cc3CC4)c(F)c2C)n1. The van der Waals surface area contributed by atoms with E-state index in [1.54, 1.807) is 16.8 Å². The van der Waals surface area contributed by atoms with E-state index in [2.05, 4.69) is 64.8 Å². The van der Waals surface area contributed by atoms with Crippen LogP contribution in [-0.4, -0.2) is 113 Å². The number of likely N-dealkylation sites (tertiary alicyclic amines) is 1. The molecule has 1 atom stereocenters. The van der Waals surface area contributed by atoms with Crippen LogP contribution in [0.15, 0.2) is 72.8 Å². The Kier molecular flexibility index (Phi) is 10.4. The van der Waals surface area contributed by atoms with Crippen LogP contribution in [0.4, 0.5) is 33.1 Å². The molecule has 1 unspecified atom stereocenters. The summed E-state index contributed by atoms with van der Waals surface area (Å²) in [7, 11) is 0. The summed E-state index contributed by atoms with van der Waals surface area (Å²) >= 11 is 0. The number of primary amides is 1. The summed E-state index contributed by atoms with van der Waals surface area (Å²) in [4.78, 5) is 64.3. The van der Waals surface area contributed by atoms with Crippen LogP contribution in [-0.2, 0) is 22.6 Å². The molecule has 5 aliphatic heterocycles. The van der Waals surface area contributed by atoms with Crippen molar-refractivity contribution in [2.45, 2.75) is 57.7 Å². The van der Waals surface area contributed by atoms with Gasteiger partial charge in [-0.25, -0.2) is 14.1 Å². The molecule has 0 spiro atoms. The van der Waals surface area contributed by atoms with E-state index in [1.807, 2.05) is 31.2 Å². The van der Waals surface area contributed by atoms with Crippen molar-refractivity contribution in [1.82, 2.24) is 29.9 Å². The molecule has 0 radical (unpaired) electrons. The highest BCUT2D eigenvalue weighted by atomic mass is 19.1. The Hall–Kier alpha value is -6.65. The van der Waals surface area contributed by atoms with E-state index in [0.29, 0.717) is 49.5 Å². The molecular formula is C47H50FN11O4. The van der Waals surface area contributed by atoms with Gasteiger partial charge in [0.25, 0.3) is 11.8 Å². The number of halogens is 1. The van der Waals surface area contributed by atoms with Gasteiger partial charge in [0.2, 0.25) is 11.8 Å². The van der Waals surface area contributed by atoms with Crippen molar-refractivity contribution in [2.75, 3.05) is 72.8 Å². The van der Waals surface area contributed by atoms with Gasteiger partial charge in [-0.1, -0.05) is 18.2 Å². The molecule has 16 heteroatoms. The fourth-order valence-electron chi connectivity index (χ4n) is 9.73. The number of imide groups is 1. The second-order valence-corrected chi connectivity index (χ2v) is 17.4. The number of hydrogen-bond donors (Lipinski definition) is 4. The zero-order chi connectivity index (χ0) is 43.5. The molecule has 4 amide bonds. The Morgan fingerprint density at radius 1 is 0.810 bits per heavy atom. The largest absolute Gasteiger partial charge is 0.369 e. The van der Waals surface area contributed by atoms with Gasteiger partial charge in [-0.3, -0.25) is 34.3 Å². The quantitative estimate of drug-likeness (QED) is 0.153. The third-order valence-electron chi connectivity index (χ3n) is 13.5. The molecule has 15 nitrogen and oxygen atoms in total. The Morgan fingerprint density at radius 2 is 1.56 bits per heavy atom. The fraction of sp³-hybridized carbons (Fsp3) is 0.362. The molecule has 0 saturated carbocycles. The highest BCUT2D eigenvalue weighted by molar-refractivity contribution is 6.07. The van der Waals surface area contributed by atoms with Gasteiger partial charge >= 0.3 is 0 Å². The first-order chi connectivity index (χ1) is 30.5. The van der Waals surface area contributed by atoms with Crippen molar-refractivity contribution in [3.63, 3.8) is 0 Å². The molecule has 324 valence electrons. The van der Waals surface area contributed by atoms with E-state index in [9.17, 15) is 19.2 Å². The molecule has 5 N–H and O–H groups in total. The third-order valence-corrected chi connectivity index (χ3v) is 13.5. The van der Waals surface area contributed by atoms with Crippen LogP contribution in [0, 0.1) is 19.7 Å². The van der Waals surface area contributed by atoms with E-state index < -0.39 is 17.6 Å². The number of anilines is 5. The molecular weight excluding hydrogens is 802 g/mol. The lowest BCUT2D eigenvalue weighted by molar-refractivity contribution is -0.134. The maximum Gasteiger partial charge on any atom is 0.257 e.